The van der Waals surface area contributed by atoms with Crippen LogP contribution in [0.25, 0.3) is 11.3 Å². The van der Waals surface area contributed by atoms with E-state index in [1.165, 1.54) is 0 Å². The van der Waals surface area contributed by atoms with Gasteiger partial charge in [0.2, 0.25) is 0 Å². The van der Waals surface area contributed by atoms with Gasteiger partial charge in [-0.25, -0.2) is 4.98 Å². The zero-order valence-corrected chi connectivity index (χ0v) is 10.4. The van der Waals surface area contributed by atoms with Crippen LogP contribution < -0.4 is 11.1 Å². The number of nitrogens with one attached hydrogen (secondary N) is 2. The third-order valence-corrected chi connectivity index (χ3v) is 2.45. The number of anilines is 1. The monoisotopic (exact) mass is 262 g/mol. The maximum absolute atomic E-state index is 5.39. The van der Waals surface area contributed by atoms with E-state index in [1.807, 2.05) is 30.3 Å². The molecule has 2 rings (SSSR count). The average Bonchev–Trinajstić information content (AvgIpc) is 2.29. The van der Waals surface area contributed by atoms with Gasteiger partial charge in [-0.05, 0) is 48.2 Å². The Hall–Kier alpha value is -1.79. The summed E-state index contributed by atoms with van der Waals surface area (Å²) in [4.78, 5) is 6.95. The first kappa shape index (κ1) is 11.7. The van der Waals surface area contributed by atoms with Gasteiger partial charge in [0.1, 0.15) is 0 Å². The number of aromatic amines is 1. The summed E-state index contributed by atoms with van der Waals surface area (Å²) in [7, 11) is 0. The molecule has 2 aromatic rings. The molecule has 0 aliphatic carbocycles. The highest BCUT2D eigenvalue weighted by Crippen LogP contribution is 2.18. The van der Waals surface area contributed by atoms with Crippen molar-refractivity contribution in [2.75, 3.05) is 5.32 Å². The van der Waals surface area contributed by atoms with Crippen LogP contribution in [-0.4, -0.2) is 15.1 Å². The van der Waals surface area contributed by atoms with Crippen LogP contribution in [0.2, 0.25) is 0 Å². The molecule has 0 saturated carbocycles. The van der Waals surface area contributed by atoms with Gasteiger partial charge in [-0.15, -0.1) is 0 Å². The van der Waals surface area contributed by atoms with Crippen molar-refractivity contribution >= 4 is 35.2 Å². The number of thiocarbonyl (C=S) groups is 1. The summed E-state index contributed by atoms with van der Waals surface area (Å²) < 4.78 is 0.466. The third kappa shape index (κ3) is 3.08. The lowest BCUT2D eigenvalue weighted by Crippen LogP contribution is -2.18. The maximum Gasteiger partial charge on any atom is 0.197 e. The van der Waals surface area contributed by atoms with Crippen molar-refractivity contribution in [1.29, 1.82) is 0 Å². The van der Waals surface area contributed by atoms with E-state index in [0.29, 0.717) is 4.77 Å². The molecule has 0 amide bonds. The smallest absolute Gasteiger partial charge is 0.197 e. The quantitative estimate of drug-likeness (QED) is 0.725. The second kappa shape index (κ2) is 5.03. The largest absolute Gasteiger partial charge is 0.376 e. The normalized spacial score (nSPS) is 9.88. The molecule has 0 saturated heterocycles. The molecule has 0 spiro atoms. The van der Waals surface area contributed by atoms with Crippen molar-refractivity contribution < 1.29 is 0 Å². The molecule has 4 nitrogen and oxygen atoms in total. The van der Waals surface area contributed by atoms with Crippen molar-refractivity contribution in [3.63, 3.8) is 0 Å². The number of rotatable bonds is 2. The van der Waals surface area contributed by atoms with Crippen molar-refractivity contribution in [1.82, 2.24) is 9.97 Å². The van der Waals surface area contributed by atoms with Gasteiger partial charge in [-0.3, -0.25) is 0 Å². The second-order valence-electron chi connectivity index (χ2n) is 3.36. The van der Waals surface area contributed by atoms with Gasteiger partial charge in [0.05, 0.1) is 0 Å². The summed E-state index contributed by atoms with van der Waals surface area (Å²) in [5.41, 5.74) is 8.18. The van der Waals surface area contributed by atoms with E-state index in [-0.39, 0.29) is 5.11 Å². The molecule has 0 bridgehead atoms. The molecule has 17 heavy (non-hydrogen) atoms. The number of nitrogens with two attached hydrogens (primary N) is 1. The van der Waals surface area contributed by atoms with E-state index in [2.05, 4.69) is 15.3 Å². The number of H-pyrrole nitrogens is 1. The zero-order valence-electron chi connectivity index (χ0n) is 8.81. The van der Waals surface area contributed by atoms with E-state index in [4.69, 9.17) is 30.2 Å². The molecule has 0 unspecified atom stereocenters. The molecule has 1 aromatic carbocycles. The van der Waals surface area contributed by atoms with Crippen molar-refractivity contribution in [3.8, 4) is 11.3 Å². The molecule has 0 aliphatic heterocycles. The van der Waals surface area contributed by atoms with Crippen LogP contribution in [-0.2, 0) is 0 Å². The zero-order chi connectivity index (χ0) is 12.3. The summed E-state index contributed by atoms with van der Waals surface area (Å²) in [6.07, 6.45) is 1.68. The Kier molecular flexibility index (Phi) is 3.46. The Balaban J connectivity index is 2.29. The van der Waals surface area contributed by atoms with Gasteiger partial charge in [0, 0.05) is 17.6 Å². The highest BCUT2D eigenvalue weighted by Gasteiger charge is 1.98. The SMILES string of the molecule is NC(=S)Nc1ccc(-c2ccnc(=S)[nH]2)cc1. The van der Waals surface area contributed by atoms with E-state index < -0.39 is 0 Å². The fraction of sp³-hybridized carbons (Fsp3) is 0. The predicted octanol–water partition coefficient (Wildman–Crippen LogP) is 2.46. The van der Waals surface area contributed by atoms with Crippen LogP contribution >= 0.6 is 24.4 Å². The Morgan fingerprint density at radius 1 is 1.24 bits per heavy atom. The highest BCUT2D eigenvalue weighted by molar-refractivity contribution is 7.80. The third-order valence-electron chi connectivity index (χ3n) is 2.14. The minimum Gasteiger partial charge on any atom is -0.376 e. The Morgan fingerprint density at radius 3 is 2.53 bits per heavy atom. The van der Waals surface area contributed by atoms with Gasteiger partial charge in [-0.2, -0.15) is 0 Å². The van der Waals surface area contributed by atoms with Gasteiger partial charge < -0.3 is 16.0 Å². The lowest BCUT2D eigenvalue weighted by molar-refractivity contribution is 1.14. The summed E-state index contributed by atoms with van der Waals surface area (Å²) in [6, 6.07) is 9.55. The van der Waals surface area contributed by atoms with Crippen LogP contribution in [0.5, 0.6) is 0 Å². The van der Waals surface area contributed by atoms with Crippen molar-refractivity contribution in [2.45, 2.75) is 0 Å². The highest BCUT2D eigenvalue weighted by atomic mass is 32.1. The number of nitrogens with zero attached hydrogens (tertiary/aromatic N) is 1. The molecular weight excluding hydrogens is 252 g/mol. The van der Waals surface area contributed by atoms with E-state index in [9.17, 15) is 0 Å². The van der Waals surface area contributed by atoms with E-state index in [0.717, 1.165) is 16.9 Å². The number of aromatic nitrogens is 2. The average molecular weight is 262 g/mol. The minimum absolute atomic E-state index is 0.251. The number of hydrogen-bond acceptors (Lipinski definition) is 3. The summed E-state index contributed by atoms with van der Waals surface area (Å²) in [6.45, 7) is 0. The summed E-state index contributed by atoms with van der Waals surface area (Å²) in [5.74, 6) is 0. The number of hydrogen-bond donors (Lipinski definition) is 3. The molecule has 4 N–H and O–H groups in total. The molecule has 0 atom stereocenters. The molecule has 1 aromatic heterocycles. The fourth-order valence-electron chi connectivity index (χ4n) is 1.41. The second-order valence-corrected chi connectivity index (χ2v) is 4.18. The first-order chi connectivity index (χ1) is 8.15. The molecular formula is C11H10N4S2. The van der Waals surface area contributed by atoms with E-state index in [1.54, 1.807) is 6.20 Å². The van der Waals surface area contributed by atoms with E-state index >= 15 is 0 Å². The summed E-state index contributed by atoms with van der Waals surface area (Å²) in [5, 5.41) is 3.11. The maximum atomic E-state index is 5.39. The fourth-order valence-corrected chi connectivity index (χ4v) is 1.70. The topological polar surface area (TPSA) is 66.7 Å². The molecule has 86 valence electrons. The first-order valence-corrected chi connectivity index (χ1v) is 5.69. The summed E-state index contributed by atoms with van der Waals surface area (Å²) >= 11 is 9.73. The van der Waals surface area contributed by atoms with Crippen LogP contribution in [0.4, 0.5) is 5.69 Å². The molecule has 0 aliphatic rings. The van der Waals surface area contributed by atoms with Gasteiger partial charge >= 0.3 is 0 Å². The van der Waals surface area contributed by atoms with Gasteiger partial charge in [-0.1, -0.05) is 12.1 Å². The first-order valence-electron chi connectivity index (χ1n) is 4.87. The number of benzene rings is 1. The van der Waals surface area contributed by atoms with Gasteiger partial charge in [0.15, 0.2) is 9.88 Å². The lowest BCUT2D eigenvalue weighted by atomic mass is 10.1. The van der Waals surface area contributed by atoms with Crippen LogP contribution in [0.3, 0.4) is 0 Å². The molecule has 0 radical (unpaired) electrons. The van der Waals surface area contributed by atoms with Crippen LogP contribution in [0, 0.1) is 4.77 Å². The molecule has 6 heteroatoms. The molecule has 0 fully saturated rings. The minimum atomic E-state index is 0.251. The molecule has 1 heterocycles. The van der Waals surface area contributed by atoms with Gasteiger partial charge in [0.25, 0.3) is 0 Å². The van der Waals surface area contributed by atoms with Crippen LogP contribution in [0.1, 0.15) is 0 Å². The van der Waals surface area contributed by atoms with Crippen molar-refractivity contribution in [2.24, 2.45) is 5.73 Å². The standard InChI is InChI=1S/C11H10N4S2/c12-10(16)14-8-3-1-7(2-4-8)9-5-6-13-11(17)15-9/h1-6H,(H3,12,14,16)(H,13,15,17). The van der Waals surface area contributed by atoms with Crippen molar-refractivity contribution in [3.05, 3.63) is 41.3 Å². The van der Waals surface area contributed by atoms with Crippen LogP contribution in [0.15, 0.2) is 36.5 Å². The lowest BCUT2D eigenvalue weighted by Gasteiger charge is -2.05. The predicted molar refractivity (Wildman–Crippen MR) is 75.3 cm³/mol. The Morgan fingerprint density at radius 2 is 1.94 bits per heavy atom. The Labute approximate surface area is 109 Å². The Bertz CT molecular complexity index is 589.